The van der Waals surface area contributed by atoms with Gasteiger partial charge in [-0.2, -0.15) is 0 Å². The van der Waals surface area contributed by atoms with Gasteiger partial charge in [0.25, 0.3) is 11.8 Å². The average Bonchev–Trinajstić information content (AvgIpc) is 3.55. The number of rotatable bonds is 3. The second-order valence-corrected chi connectivity index (χ2v) is 8.15. The number of ether oxygens (including phenoxy) is 1. The van der Waals surface area contributed by atoms with Crippen LogP contribution in [-0.2, 0) is 9.53 Å². The molecule has 1 saturated carbocycles. The van der Waals surface area contributed by atoms with E-state index in [0.29, 0.717) is 25.7 Å². The van der Waals surface area contributed by atoms with Crippen LogP contribution in [0.25, 0.3) is 0 Å². The number of likely N-dealkylation sites (tertiary alicyclic amines) is 1. The molecule has 1 aromatic rings. The Morgan fingerprint density at radius 3 is 2.46 bits per heavy atom. The Balaban J connectivity index is 1.46. The minimum absolute atomic E-state index is 0.0939. The first-order chi connectivity index (χ1) is 13.6. The minimum atomic E-state index is -0.219. The van der Waals surface area contributed by atoms with E-state index in [0.717, 1.165) is 44.1 Å². The average molecular weight is 380 g/mol. The number of carbonyl (C=O) groups is 2. The zero-order chi connectivity index (χ0) is 19.6. The zero-order valence-corrected chi connectivity index (χ0v) is 16.5. The molecule has 3 fully saturated rings. The maximum Gasteiger partial charge on any atom is 0.298 e. The van der Waals surface area contributed by atoms with Gasteiger partial charge >= 0.3 is 0 Å². The van der Waals surface area contributed by atoms with Gasteiger partial charge < -0.3 is 14.5 Å². The summed E-state index contributed by atoms with van der Waals surface area (Å²) in [6.07, 6.45) is 5.59. The van der Waals surface area contributed by atoms with E-state index in [1.54, 1.807) is 6.92 Å². The van der Waals surface area contributed by atoms with Crippen LogP contribution in [0.15, 0.2) is 30.3 Å². The standard InChI is InChI=1S/C23H28N2O3/c1-2-6-21(26)24-14-12-23(13-15-24)17-20(11-16-28-23)25(19-9-10-19)22(27)18-7-4-3-5-8-18/h3-5,7-8,19-20H,9-17H2,1H3. The molecule has 2 aliphatic heterocycles. The summed E-state index contributed by atoms with van der Waals surface area (Å²) in [5.74, 6) is 5.38. The lowest BCUT2D eigenvalue weighted by atomic mass is 9.81. The Bertz CT molecular complexity index is 783. The van der Waals surface area contributed by atoms with Crippen molar-refractivity contribution in [1.29, 1.82) is 0 Å². The van der Waals surface area contributed by atoms with Crippen LogP contribution < -0.4 is 0 Å². The number of carbonyl (C=O) groups excluding carboxylic acids is 2. The monoisotopic (exact) mass is 380 g/mol. The maximum atomic E-state index is 13.2. The topological polar surface area (TPSA) is 49.9 Å². The second kappa shape index (κ2) is 7.97. The quantitative estimate of drug-likeness (QED) is 0.758. The van der Waals surface area contributed by atoms with Crippen LogP contribution in [0.5, 0.6) is 0 Å². The first-order valence-electron chi connectivity index (χ1n) is 10.4. The SMILES string of the molecule is CC#CC(=O)N1CCC2(CC1)CC(N(C(=O)c1ccccc1)C1CC1)CCO2. The summed E-state index contributed by atoms with van der Waals surface area (Å²) in [6, 6.07) is 10.2. The van der Waals surface area contributed by atoms with Crippen LogP contribution in [0, 0.1) is 11.8 Å². The Hall–Kier alpha value is -2.32. The number of hydrogen-bond donors (Lipinski definition) is 0. The van der Waals surface area contributed by atoms with E-state index in [-0.39, 0.29) is 23.5 Å². The molecule has 1 spiro atoms. The van der Waals surface area contributed by atoms with Crippen molar-refractivity contribution in [3.8, 4) is 11.8 Å². The number of amides is 2. The Morgan fingerprint density at radius 1 is 1.11 bits per heavy atom. The van der Waals surface area contributed by atoms with Gasteiger partial charge in [0.15, 0.2) is 0 Å². The van der Waals surface area contributed by atoms with Gasteiger partial charge in [0.05, 0.1) is 5.60 Å². The summed E-state index contributed by atoms with van der Waals surface area (Å²) in [5.41, 5.74) is 0.553. The van der Waals surface area contributed by atoms with Crippen LogP contribution in [0.1, 0.15) is 55.8 Å². The summed E-state index contributed by atoms with van der Waals surface area (Å²) in [4.78, 5) is 29.2. The second-order valence-electron chi connectivity index (χ2n) is 8.15. The van der Waals surface area contributed by atoms with E-state index in [9.17, 15) is 9.59 Å². The third kappa shape index (κ3) is 3.93. The third-order valence-corrected chi connectivity index (χ3v) is 6.25. The molecular formula is C23H28N2O3. The lowest BCUT2D eigenvalue weighted by Gasteiger charge is -2.48. The highest BCUT2D eigenvalue weighted by Gasteiger charge is 2.46. The van der Waals surface area contributed by atoms with Crippen molar-refractivity contribution in [2.75, 3.05) is 19.7 Å². The minimum Gasteiger partial charge on any atom is -0.375 e. The molecule has 1 aromatic carbocycles. The molecule has 5 nitrogen and oxygen atoms in total. The van der Waals surface area contributed by atoms with Crippen molar-refractivity contribution < 1.29 is 14.3 Å². The van der Waals surface area contributed by atoms with E-state index in [2.05, 4.69) is 16.7 Å². The normalized spacial score (nSPS) is 23.6. The van der Waals surface area contributed by atoms with E-state index >= 15 is 0 Å². The molecule has 3 aliphatic rings. The lowest BCUT2D eigenvalue weighted by Crippen LogP contribution is -2.55. The summed E-state index contributed by atoms with van der Waals surface area (Å²) < 4.78 is 6.25. The van der Waals surface area contributed by atoms with Gasteiger partial charge in [0.2, 0.25) is 0 Å². The van der Waals surface area contributed by atoms with Crippen molar-refractivity contribution in [1.82, 2.24) is 9.80 Å². The predicted molar refractivity (Wildman–Crippen MR) is 107 cm³/mol. The van der Waals surface area contributed by atoms with Gasteiger partial charge in [-0.25, -0.2) is 0 Å². The first kappa shape index (κ1) is 19.0. The number of benzene rings is 1. The van der Waals surface area contributed by atoms with Crippen molar-refractivity contribution in [3.05, 3.63) is 35.9 Å². The highest BCUT2D eigenvalue weighted by atomic mass is 16.5. The molecule has 4 rings (SSSR count). The van der Waals surface area contributed by atoms with Crippen molar-refractivity contribution in [2.45, 2.75) is 63.1 Å². The van der Waals surface area contributed by atoms with Crippen LogP contribution in [0.3, 0.4) is 0 Å². The molecule has 0 bridgehead atoms. The highest BCUT2D eigenvalue weighted by molar-refractivity contribution is 5.95. The van der Waals surface area contributed by atoms with Crippen molar-refractivity contribution in [3.63, 3.8) is 0 Å². The zero-order valence-electron chi connectivity index (χ0n) is 16.5. The Labute approximate surface area is 167 Å². The van der Waals surface area contributed by atoms with Crippen LogP contribution in [0.2, 0.25) is 0 Å². The molecular weight excluding hydrogens is 352 g/mol. The third-order valence-electron chi connectivity index (χ3n) is 6.25. The first-order valence-corrected chi connectivity index (χ1v) is 10.4. The molecule has 148 valence electrons. The van der Waals surface area contributed by atoms with Gasteiger partial charge in [-0.05, 0) is 63.5 Å². The Morgan fingerprint density at radius 2 is 1.82 bits per heavy atom. The fourth-order valence-corrected chi connectivity index (χ4v) is 4.60. The summed E-state index contributed by atoms with van der Waals surface area (Å²) in [7, 11) is 0. The van der Waals surface area contributed by atoms with E-state index in [1.165, 1.54) is 0 Å². The molecule has 28 heavy (non-hydrogen) atoms. The summed E-state index contributed by atoms with van der Waals surface area (Å²) in [5, 5.41) is 0. The van der Waals surface area contributed by atoms with E-state index in [4.69, 9.17) is 4.74 Å². The smallest absolute Gasteiger partial charge is 0.298 e. The molecule has 0 radical (unpaired) electrons. The number of hydrogen-bond acceptors (Lipinski definition) is 3. The van der Waals surface area contributed by atoms with Crippen LogP contribution in [-0.4, -0.2) is 59.0 Å². The van der Waals surface area contributed by atoms with Crippen LogP contribution >= 0.6 is 0 Å². The molecule has 5 heteroatoms. The molecule has 2 saturated heterocycles. The van der Waals surface area contributed by atoms with E-state index in [1.807, 2.05) is 35.2 Å². The van der Waals surface area contributed by atoms with Crippen molar-refractivity contribution in [2.24, 2.45) is 0 Å². The predicted octanol–water partition coefficient (Wildman–Crippen LogP) is 2.85. The van der Waals surface area contributed by atoms with Gasteiger partial charge in [-0.3, -0.25) is 9.59 Å². The largest absolute Gasteiger partial charge is 0.375 e. The number of piperidine rings is 1. The fraction of sp³-hybridized carbons (Fsp3) is 0.565. The molecule has 1 atom stereocenters. The molecule has 0 N–H and O–H groups in total. The molecule has 0 aromatic heterocycles. The highest BCUT2D eigenvalue weighted by Crippen LogP contribution is 2.40. The lowest BCUT2D eigenvalue weighted by molar-refractivity contribution is -0.143. The van der Waals surface area contributed by atoms with Gasteiger partial charge in [0.1, 0.15) is 0 Å². The molecule has 1 aliphatic carbocycles. The summed E-state index contributed by atoms with van der Waals surface area (Å²) >= 11 is 0. The van der Waals surface area contributed by atoms with E-state index < -0.39 is 0 Å². The molecule has 2 amide bonds. The fourth-order valence-electron chi connectivity index (χ4n) is 4.60. The van der Waals surface area contributed by atoms with Crippen molar-refractivity contribution >= 4 is 11.8 Å². The maximum absolute atomic E-state index is 13.2. The molecule has 2 heterocycles. The van der Waals surface area contributed by atoms with Gasteiger partial charge in [-0.1, -0.05) is 24.1 Å². The summed E-state index contributed by atoms with van der Waals surface area (Å²) in [6.45, 7) is 3.72. The van der Waals surface area contributed by atoms with Gasteiger partial charge in [0, 0.05) is 37.3 Å². The Kier molecular flexibility index (Phi) is 5.41. The molecule has 1 unspecified atom stereocenters. The van der Waals surface area contributed by atoms with Crippen LogP contribution in [0.4, 0.5) is 0 Å². The van der Waals surface area contributed by atoms with Gasteiger partial charge in [-0.15, -0.1) is 0 Å². The number of nitrogens with zero attached hydrogens (tertiary/aromatic N) is 2.